The molecular formula is C17H24N2O3S. The maximum Gasteiger partial charge on any atom is 0.236 e. The monoisotopic (exact) mass is 336 g/mol. The van der Waals surface area contributed by atoms with E-state index < -0.39 is 9.84 Å². The first-order valence-electron chi connectivity index (χ1n) is 8.21. The summed E-state index contributed by atoms with van der Waals surface area (Å²) >= 11 is 0. The van der Waals surface area contributed by atoms with Crippen LogP contribution < -0.4 is 0 Å². The fourth-order valence-electron chi connectivity index (χ4n) is 3.64. The Labute approximate surface area is 138 Å². The van der Waals surface area contributed by atoms with Gasteiger partial charge in [0, 0.05) is 19.1 Å². The van der Waals surface area contributed by atoms with Crippen molar-refractivity contribution in [3.05, 3.63) is 35.9 Å². The van der Waals surface area contributed by atoms with Crippen molar-refractivity contribution in [3.8, 4) is 0 Å². The second-order valence-corrected chi connectivity index (χ2v) is 8.83. The molecule has 2 aliphatic heterocycles. The summed E-state index contributed by atoms with van der Waals surface area (Å²) in [7, 11) is -1.22. The van der Waals surface area contributed by atoms with E-state index in [0.29, 0.717) is 19.0 Å². The Morgan fingerprint density at radius 3 is 2.65 bits per heavy atom. The fraction of sp³-hybridized carbons (Fsp3) is 0.588. The molecule has 126 valence electrons. The van der Waals surface area contributed by atoms with Gasteiger partial charge in [-0.3, -0.25) is 9.69 Å². The third kappa shape index (κ3) is 3.75. The molecule has 3 rings (SSSR count). The van der Waals surface area contributed by atoms with Gasteiger partial charge in [0.2, 0.25) is 5.91 Å². The molecule has 2 aliphatic rings. The average molecular weight is 336 g/mol. The van der Waals surface area contributed by atoms with E-state index in [0.717, 1.165) is 19.4 Å². The van der Waals surface area contributed by atoms with Crippen molar-refractivity contribution in [2.75, 3.05) is 31.6 Å². The number of hydrogen-bond donors (Lipinski definition) is 0. The van der Waals surface area contributed by atoms with Gasteiger partial charge in [-0.15, -0.1) is 0 Å². The van der Waals surface area contributed by atoms with Crippen molar-refractivity contribution in [2.24, 2.45) is 0 Å². The number of carbonyl (C=O) groups is 1. The largest absolute Gasteiger partial charge is 0.341 e. The molecule has 1 aromatic rings. The van der Waals surface area contributed by atoms with E-state index in [1.165, 1.54) is 5.56 Å². The molecule has 2 atom stereocenters. The van der Waals surface area contributed by atoms with Crippen molar-refractivity contribution >= 4 is 15.7 Å². The Hall–Kier alpha value is -1.40. The Kier molecular flexibility index (Phi) is 4.73. The van der Waals surface area contributed by atoms with Gasteiger partial charge in [-0.25, -0.2) is 8.42 Å². The fourth-order valence-corrected chi connectivity index (χ4v) is 5.41. The van der Waals surface area contributed by atoms with Crippen LogP contribution in [0.2, 0.25) is 0 Å². The minimum Gasteiger partial charge on any atom is -0.341 e. The van der Waals surface area contributed by atoms with Gasteiger partial charge in [-0.2, -0.15) is 0 Å². The molecule has 0 radical (unpaired) electrons. The van der Waals surface area contributed by atoms with Gasteiger partial charge in [-0.05, 0) is 31.4 Å². The lowest BCUT2D eigenvalue weighted by Gasteiger charge is -2.29. The molecule has 0 unspecified atom stereocenters. The summed E-state index contributed by atoms with van der Waals surface area (Å²) < 4.78 is 23.2. The first-order valence-corrected chi connectivity index (χ1v) is 10.0. The number of carbonyl (C=O) groups excluding carboxylic acids is 1. The highest BCUT2D eigenvalue weighted by molar-refractivity contribution is 7.91. The van der Waals surface area contributed by atoms with Crippen LogP contribution in [0.1, 0.15) is 30.9 Å². The van der Waals surface area contributed by atoms with Gasteiger partial charge in [0.15, 0.2) is 9.84 Å². The maximum atomic E-state index is 12.6. The number of nitrogens with zero attached hydrogens (tertiary/aromatic N) is 2. The first-order chi connectivity index (χ1) is 11.0. The molecule has 0 saturated carbocycles. The summed E-state index contributed by atoms with van der Waals surface area (Å²) in [4.78, 5) is 16.4. The maximum absolute atomic E-state index is 12.6. The van der Waals surface area contributed by atoms with Gasteiger partial charge in [-0.1, -0.05) is 30.3 Å². The van der Waals surface area contributed by atoms with Crippen LogP contribution in [-0.4, -0.2) is 61.8 Å². The standard InChI is InChI=1S/C17H24N2O3S/c1-18(15-9-11-23(21,22)13-15)17(20)12-19-10-5-8-16(19)14-6-3-2-4-7-14/h2-4,6-7,15-16H,5,8-13H2,1H3/t15-,16+/m1/s1. The van der Waals surface area contributed by atoms with E-state index in [9.17, 15) is 13.2 Å². The highest BCUT2D eigenvalue weighted by Crippen LogP contribution is 2.31. The third-order valence-electron chi connectivity index (χ3n) is 5.04. The number of benzene rings is 1. The third-order valence-corrected chi connectivity index (χ3v) is 6.79. The van der Waals surface area contributed by atoms with Crippen LogP contribution in [0.25, 0.3) is 0 Å². The minimum absolute atomic E-state index is 0.0231. The van der Waals surface area contributed by atoms with Crippen molar-refractivity contribution in [3.63, 3.8) is 0 Å². The van der Waals surface area contributed by atoms with Crippen LogP contribution >= 0.6 is 0 Å². The van der Waals surface area contributed by atoms with Crippen LogP contribution in [-0.2, 0) is 14.6 Å². The summed E-state index contributed by atoms with van der Waals surface area (Å²) in [6.07, 6.45) is 2.72. The molecule has 1 amide bonds. The van der Waals surface area contributed by atoms with Crippen molar-refractivity contribution in [1.82, 2.24) is 9.80 Å². The minimum atomic E-state index is -2.96. The number of hydrogen-bond acceptors (Lipinski definition) is 4. The van der Waals surface area contributed by atoms with E-state index in [1.54, 1.807) is 11.9 Å². The molecule has 2 heterocycles. The van der Waals surface area contributed by atoms with Gasteiger partial charge < -0.3 is 4.90 Å². The smallest absolute Gasteiger partial charge is 0.236 e. The van der Waals surface area contributed by atoms with Gasteiger partial charge in [0.25, 0.3) is 0 Å². The molecule has 1 aromatic carbocycles. The van der Waals surface area contributed by atoms with Gasteiger partial charge in [0.1, 0.15) is 0 Å². The van der Waals surface area contributed by atoms with E-state index in [1.807, 2.05) is 18.2 Å². The number of sulfone groups is 1. The van der Waals surface area contributed by atoms with E-state index >= 15 is 0 Å². The molecule has 0 bridgehead atoms. The highest BCUT2D eigenvalue weighted by Gasteiger charge is 2.34. The zero-order valence-electron chi connectivity index (χ0n) is 13.5. The Morgan fingerprint density at radius 2 is 2.00 bits per heavy atom. The predicted molar refractivity (Wildman–Crippen MR) is 89.8 cm³/mol. The van der Waals surface area contributed by atoms with Crippen LogP contribution in [0.15, 0.2) is 30.3 Å². The van der Waals surface area contributed by atoms with E-state index in [-0.39, 0.29) is 23.5 Å². The van der Waals surface area contributed by atoms with E-state index in [2.05, 4.69) is 17.0 Å². The number of rotatable bonds is 4. The molecule has 0 aromatic heterocycles. The Bertz CT molecular complexity index is 660. The summed E-state index contributed by atoms with van der Waals surface area (Å²) in [5.74, 6) is 0.332. The normalized spacial score (nSPS) is 27.2. The zero-order valence-corrected chi connectivity index (χ0v) is 14.3. The Balaban J connectivity index is 1.63. The number of likely N-dealkylation sites (tertiary alicyclic amines) is 1. The van der Waals surface area contributed by atoms with Crippen LogP contribution in [0.4, 0.5) is 0 Å². The topological polar surface area (TPSA) is 57.7 Å². The second-order valence-electron chi connectivity index (χ2n) is 6.60. The predicted octanol–water partition coefficient (Wildman–Crippen LogP) is 1.47. The summed E-state index contributed by atoms with van der Waals surface area (Å²) in [5.41, 5.74) is 1.25. The number of amides is 1. The van der Waals surface area contributed by atoms with E-state index in [4.69, 9.17) is 0 Å². The molecule has 6 heteroatoms. The number of likely N-dealkylation sites (N-methyl/N-ethyl adjacent to an activating group) is 1. The van der Waals surface area contributed by atoms with Crippen molar-refractivity contribution < 1.29 is 13.2 Å². The molecule has 0 aliphatic carbocycles. The highest BCUT2D eigenvalue weighted by atomic mass is 32.2. The lowest BCUT2D eigenvalue weighted by Crippen LogP contribution is -2.43. The van der Waals surface area contributed by atoms with Crippen LogP contribution in [0, 0.1) is 0 Å². The summed E-state index contributed by atoms with van der Waals surface area (Å²) in [6.45, 7) is 1.29. The second kappa shape index (κ2) is 6.61. The van der Waals surface area contributed by atoms with Gasteiger partial charge in [0.05, 0.1) is 18.1 Å². The molecule has 2 saturated heterocycles. The molecule has 0 N–H and O–H groups in total. The van der Waals surface area contributed by atoms with Crippen molar-refractivity contribution in [2.45, 2.75) is 31.3 Å². The molecule has 2 fully saturated rings. The van der Waals surface area contributed by atoms with Crippen LogP contribution in [0.3, 0.4) is 0 Å². The Morgan fingerprint density at radius 1 is 1.26 bits per heavy atom. The molecular weight excluding hydrogens is 312 g/mol. The lowest BCUT2D eigenvalue weighted by atomic mass is 10.0. The molecule has 5 nitrogen and oxygen atoms in total. The zero-order chi connectivity index (χ0) is 16.4. The van der Waals surface area contributed by atoms with Crippen LogP contribution in [0.5, 0.6) is 0 Å². The quantitative estimate of drug-likeness (QED) is 0.835. The first kappa shape index (κ1) is 16.5. The van der Waals surface area contributed by atoms with Crippen molar-refractivity contribution in [1.29, 1.82) is 0 Å². The SMILES string of the molecule is CN(C(=O)CN1CCC[C@H]1c1ccccc1)[C@@H]1CCS(=O)(=O)C1. The van der Waals surface area contributed by atoms with Gasteiger partial charge >= 0.3 is 0 Å². The molecule has 0 spiro atoms. The summed E-state index contributed by atoms with van der Waals surface area (Å²) in [6, 6.07) is 10.4. The average Bonchev–Trinajstić information content (AvgIpc) is 3.13. The molecule has 23 heavy (non-hydrogen) atoms. The lowest BCUT2D eigenvalue weighted by molar-refractivity contribution is -0.133. The summed E-state index contributed by atoms with van der Waals surface area (Å²) in [5, 5.41) is 0.